The molecule has 0 radical (unpaired) electrons. The van der Waals surface area contributed by atoms with E-state index in [0.29, 0.717) is 18.2 Å². The Kier molecular flexibility index (Phi) is 2.70. The van der Waals surface area contributed by atoms with Crippen LogP contribution in [0.5, 0.6) is 0 Å². The van der Waals surface area contributed by atoms with Crippen molar-refractivity contribution >= 4 is 5.65 Å². The first-order valence-corrected chi connectivity index (χ1v) is 6.21. The first-order chi connectivity index (χ1) is 9.16. The number of pyridine rings is 1. The fraction of sp³-hybridized carbons (Fsp3) is 0.308. The highest BCUT2D eigenvalue weighted by atomic mass is 16.2. The van der Waals surface area contributed by atoms with Crippen molar-refractivity contribution in [1.82, 2.24) is 23.7 Å². The third-order valence-corrected chi connectivity index (χ3v) is 3.10. The molecule has 0 aromatic carbocycles. The molecule has 0 N–H and O–H groups in total. The van der Waals surface area contributed by atoms with Crippen molar-refractivity contribution in [3.63, 3.8) is 0 Å². The molecule has 3 heterocycles. The van der Waals surface area contributed by atoms with E-state index in [9.17, 15) is 4.79 Å². The summed E-state index contributed by atoms with van der Waals surface area (Å²) in [6.07, 6.45) is 5.28. The van der Waals surface area contributed by atoms with Crippen molar-refractivity contribution in [2.24, 2.45) is 0 Å². The molecule has 0 aliphatic rings. The highest BCUT2D eigenvalue weighted by Gasteiger charge is 2.10. The lowest BCUT2D eigenvalue weighted by Gasteiger charge is -2.10. The monoisotopic (exact) mass is 257 g/mol. The van der Waals surface area contributed by atoms with E-state index in [-0.39, 0.29) is 5.69 Å². The van der Waals surface area contributed by atoms with Crippen molar-refractivity contribution < 1.29 is 0 Å². The maximum Gasteiger partial charge on any atom is 0.350 e. The minimum atomic E-state index is -0.132. The molecule has 0 unspecified atom stereocenters. The van der Waals surface area contributed by atoms with E-state index in [0.717, 1.165) is 5.69 Å². The Balaban J connectivity index is 2.04. The molecule has 19 heavy (non-hydrogen) atoms. The molecular formula is C13H15N5O. The standard InChI is InChI=1S/C13H15N5O/c1-10(2)17-9-14-7-11(17)8-18-13(19)16-6-4-3-5-12(16)15-18/h3-7,9-10H,8H2,1-2H3. The maximum atomic E-state index is 12.2. The van der Waals surface area contributed by atoms with Gasteiger partial charge in [0, 0.05) is 12.2 Å². The average Bonchev–Trinajstić information content (AvgIpc) is 2.97. The fourth-order valence-corrected chi connectivity index (χ4v) is 2.14. The zero-order valence-corrected chi connectivity index (χ0v) is 10.9. The van der Waals surface area contributed by atoms with E-state index in [4.69, 9.17) is 0 Å². The van der Waals surface area contributed by atoms with Gasteiger partial charge in [-0.25, -0.2) is 14.5 Å². The summed E-state index contributed by atoms with van der Waals surface area (Å²) >= 11 is 0. The summed E-state index contributed by atoms with van der Waals surface area (Å²) in [4.78, 5) is 16.3. The van der Waals surface area contributed by atoms with Crippen LogP contribution in [0, 0.1) is 0 Å². The zero-order chi connectivity index (χ0) is 13.4. The molecule has 6 heteroatoms. The van der Waals surface area contributed by atoms with Crippen LogP contribution in [0.3, 0.4) is 0 Å². The summed E-state index contributed by atoms with van der Waals surface area (Å²) in [5.74, 6) is 0. The third kappa shape index (κ3) is 1.95. The molecule has 98 valence electrons. The largest absolute Gasteiger partial charge is 0.350 e. The van der Waals surface area contributed by atoms with Gasteiger partial charge >= 0.3 is 5.69 Å². The Morgan fingerprint density at radius 1 is 1.32 bits per heavy atom. The molecule has 0 spiro atoms. The van der Waals surface area contributed by atoms with Crippen LogP contribution in [0.15, 0.2) is 41.7 Å². The van der Waals surface area contributed by atoms with E-state index in [1.165, 1.54) is 9.08 Å². The van der Waals surface area contributed by atoms with Crippen LogP contribution in [0.25, 0.3) is 5.65 Å². The van der Waals surface area contributed by atoms with Crippen LogP contribution in [0.1, 0.15) is 25.6 Å². The van der Waals surface area contributed by atoms with Gasteiger partial charge in [0.1, 0.15) is 0 Å². The minimum Gasteiger partial charge on any atom is -0.330 e. The molecule has 0 saturated carbocycles. The Hall–Kier alpha value is -2.37. The Morgan fingerprint density at radius 2 is 2.16 bits per heavy atom. The highest BCUT2D eigenvalue weighted by molar-refractivity contribution is 5.35. The second kappa shape index (κ2) is 4.38. The molecular weight excluding hydrogens is 242 g/mol. The predicted molar refractivity (Wildman–Crippen MR) is 71.2 cm³/mol. The Bertz CT molecular complexity index is 765. The average molecular weight is 257 g/mol. The van der Waals surface area contributed by atoms with Gasteiger partial charge < -0.3 is 4.57 Å². The fourth-order valence-electron chi connectivity index (χ4n) is 2.14. The summed E-state index contributed by atoms with van der Waals surface area (Å²) in [5.41, 5.74) is 1.50. The van der Waals surface area contributed by atoms with Crippen LogP contribution in [0.2, 0.25) is 0 Å². The number of hydrogen-bond donors (Lipinski definition) is 0. The summed E-state index contributed by atoms with van der Waals surface area (Å²) in [6, 6.07) is 5.81. The molecule has 3 aromatic heterocycles. The van der Waals surface area contributed by atoms with Gasteiger partial charge in [0.05, 0.1) is 24.8 Å². The van der Waals surface area contributed by atoms with Gasteiger partial charge in [-0.2, -0.15) is 0 Å². The van der Waals surface area contributed by atoms with E-state index >= 15 is 0 Å². The quantitative estimate of drug-likeness (QED) is 0.711. The molecule has 0 bridgehead atoms. The topological polar surface area (TPSA) is 57.1 Å². The molecule has 0 saturated heterocycles. The zero-order valence-electron chi connectivity index (χ0n) is 10.9. The molecule has 0 atom stereocenters. The van der Waals surface area contributed by atoms with Gasteiger partial charge in [-0.15, -0.1) is 5.10 Å². The number of hydrogen-bond acceptors (Lipinski definition) is 3. The maximum absolute atomic E-state index is 12.2. The molecule has 0 aliphatic heterocycles. The first kappa shape index (κ1) is 11.7. The van der Waals surface area contributed by atoms with E-state index in [1.54, 1.807) is 18.7 Å². The summed E-state index contributed by atoms with van der Waals surface area (Å²) < 4.78 is 5.04. The number of aromatic nitrogens is 5. The summed E-state index contributed by atoms with van der Waals surface area (Å²) in [7, 11) is 0. The minimum absolute atomic E-state index is 0.132. The van der Waals surface area contributed by atoms with Gasteiger partial charge in [0.25, 0.3) is 0 Å². The van der Waals surface area contributed by atoms with Gasteiger partial charge in [-0.1, -0.05) is 6.07 Å². The lowest BCUT2D eigenvalue weighted by Crippen LogP contribution is -2.23. The van der Waals surface area contributed by atoms with Crippen LogP contribution >= 0.6 is 0 Å². The van der Waals surface area contributed by atoms with Crippen LogP contribution in [0.4, 0.5) is 0 Å². The van der Waals surface area contributed by atoms with E-state index < -0.39 is 0 Å². The lowest BCUT2D eigenvalue weighted by molar-refractivity contribution is 0.542. The molecule has 0 aliphatic carbocycles. The Labute approximate surface area is 109 Å². The van der Waals surface area contributed by atoms with Gasteiger partial charge in [0.15, 0.2) is 5.65 Å². The molecule has 3 aromatic rings. The molecule has 0 fully saturated rings. The second-order valence-corrected chi connectivity index (χ2v) is 4.76. The SMILES string of the molecule is CC(C)n1cncc1Cn1nc2ccccn2c1=O. The first-order valence-electron chi connectivity index (χ1n) is 6.21. The van der Waals surface area contributed by atoms with Crippen LogP contribution < -0.4 is 5.69 Å². The second-order valence-electron chi connectivity index (χ2n) is 4.76. The molecule has 3 rings (SSSR count). The van der Waals surface area contributed by atoms with E-state index in [1.807, 2.05) is 22.8 Å². The smallest absolute Gasteiger partial charge is 0.330 e. The van der Waals surface area contributed by atoms with Crippen molar-refractivity contribution in [2.75, 3.05) is 0 Å². The van der Waals surface area contributed by atoms with Gasteiger partial charge in [-0.05, 0) is 26.0 Å². The van der Waals surface area contributed by atoms with Crippen LogP contribution in [-0.4, -0.2) is 23.7 Å². The van der Waals surface area contributed by atoms with Crippen molar-refractivity contribution in [2.45, 2.75) is 26.4 Å². The normalized spacial score (nSPS) is 11.5. The summed E-state index contributed by atoms with van der Waals surface area (Å²) in [6.45, 7) is 4.59. The lowest BCUT2D eigenvalue weighted by atomic mass is 10.3. The number of fused-ring (bicyclic) bond motifs is 1. The van der Waals surface area contributed by atoms with Gasteiger partial charge in [0.2, 0.25) is 0 Å². The van der Waals surface area contributed by atoms with Crippen molar-refractivity contribution in [1.29, 1.82) is 0 Å². The van der Waals surface area contributed by atoms with Crippen molar-refractivity contribution in [3.05, 3.63) is 53.1 Å². The van der Waals surface area contributed by atoms with Crippen LogP contribution in [-0.2, 0) is 6.54 Å². The number of imidazole rings is 1. The molecule has 0 amide bonds. The third-order valence-electron chi connectivity index (χ3n) is 3.10. The highest BCUT2D eigenvalue weighted by Crippen LogP contribution is 2.09. The molecule has 6 nitrogen and oxygen atoms in total. The Morgan fingerprint density at radius 3 is 2.89 bits per heavy atom. The summed E-state index contributed by atoms with van der Waals surface area (Å²) in [5, 5.41) is 4.31. The number of rotatable bonds is 3. The van der Waals surface area contributed by atoms with E-state index in [2.05, 4.69) is 23.9 Å². The van der Waals surface area contributed by atoms with Gasteiger partial charge in [-0.3, -0.25) is 4.40 Å². The van der Waals surface area contributed by atoms with Crippen molar-refractivity contribution in [3.8, 4) is 0 Å². The number of nitrogens with zero attached hydrogens (tertiary/aromatic N) is 5. The predicted octanol–water partition coefficient (Wildman–Crippen LogP) is 1.32.